The van der Waals surface area contributed by atoms with Crippen molar-refractivity contribution in [3.05, 3.63) is 170 Å². The highest BCUT2D eigenvalue weighted by atomic mass is 32.2. The molecule has 0 saturated heterocycles. The molecule has 107 heavy (non-hydrogen) atoms. The van der Waals surface area contributed by atoms with Crippen molar-refractivity contribution in [3.8, 4) is 23.0 Å². The van der Waals surface area contributed by atoms with E-state index in [1.54, 1.807) is 55.8 Å². The average Bonchev–Trinajstić information content (AvgIpc) is 1.70. The second-order valence-electron chi connectivity index (χ2n) is 29.4. The van der Waals surface area contributed by atoms with Crippen LogP contribution in [0.3, 0.4) is 0 Å². The van der Waals surface area contributed by atoms with Gasteiger partial charge >= 0.3 is 28.5 Å². The Morgan fingerprint density at radius 1 is 0.467 bits per heavy atom. The first-order chi connectivity index (χ1) is 51.3. The highest BCUT2D eigenvalue weighted by Crippen LogP contribution is 2.52. The van der Waals surface area contributed by atoms with Gasteiger partial charge in [0, 0.05) is 108 Å². The third-order valence-electron chi connectivity index (χ3n) is 21.7. The minimum Gasteiger partial charge on any atom is -0.531 e. The Hall–Kier alpha value is -7.43. The first kappa shape index (κ1) is 75.0. The normalized spacial score (nSPS) is 24.1. The fraction of sp³-hybridized carbons (Fsp3) is 0.425. The monoisotopic (exact) mass is 1530 g/mol. The highest BCUT2D eigenvalue weighted by molar-refractivity contribution is 7.90. The predicted octanol–water partition coefficient (Wildman–Crippen LogP) is 6.77. The maximum Gasteiger partial charge on any atom is 0.552 e. The number of hydrogen-bond donors (Lipinski definition) is 8. The Morgan fingerprint density at radius 2 is 0.785 bits per heavy atom. The lowest BCUT2D eigenvalue weighted by Crippen LogP contribution is -2.46. The van der Waals surface area contributed by atoms with Crippen LogP contribution in [-0.4, -0.2) is 157 Å². The SMILES string of the molecule is CCCCS(=O)(=O)NC1CC(C2=CB(O)Oc3cnc4c(c32)C=CC4)C1.COCCCS(=O)(=O)NC1CC(C2=CB(O)Oc3cnc4c(c32)C=CC4)C1.O=S(=O)(NC1CC(C2=CB(O)Oc3cnc4c(c32)C=CC4)C1)C1CC1.O=S(=O)(NC1CC(C2=CB(O)Oc3cnc4c(c32)C=CC4)C1)c1ccc(F)cc1. The number of hydrogen-bond acceptors (Lipinski definition) is 21. The molecule has 8 N–H and O–H groups in total. The molecule has 34 heteroatoms. The minimum absolute atomic E-state index is 0.00892. The number of nitrogens with zero attached hydrogens (tertiary/aromatic N) is 4. The Kier molecular flexibility index (Phi) is 21.6. The van der Waals surface area contributed by atoms with Gasteiger partial charge in [-0.25, -0.2) is 56.9 Å². The molecule has 4 aliphatic heterocycles. The molecule has 5 aromatic rings. The summed E-state index contributed by atoms with van der Waals surface area (Å²) in [6.45, 7) is 2.42. The number of benzene rings is 1. The number of unbranched alkanes of at least 4 members (excludes halogenated alkanes) is 1. The topological polar surface area (TPSA) is 363 Å². The van der Waals surface area contributed by atoms with Crippen molar-refractivity contribution in [1.82, 2.24) is 38.8 Å². The van der Waals surface area contributed by atoms with Gasteiger partial charge in [-0.3, -0.25) is 19.9 Å². The smallest absolute Gasteiger partial charge is 0.531 e. The fourth-order valence-electron chi connectivity index (χ4n) is 16.1. The molecule has 0 bridgehead atoms. The molecule has 0 unspecified atom stereocenters. The third kappa shape index (κ3) is 16.4. The molecular formula is C73H83B4FN8O17S4. The standard InChI is InChI=1S/C20H18BFN2O4S.C18H23BN2O5S.C18H23BN2O4S.C17H19BN2O4S/c22-13-4-6-15(7-5-13)29(26,27)24-14-8-12(9-14)17-10-21(25)28-19-11-23-18-3-1-2-16(18)20(17)19;1-25-6-3-7-27(23,24)21-13-8-12(9-13)15-10-19(22)26-17-11-20-16-5-2-4-14(16)18(15)17;1-2-3-7-26(23,24)21-13-8-12(9-13)15-10-19(22)25-17-11-20-16-6-4-5-14(16)18(15)17;21-18-8-14(10-6-11(7-10)20-25(22,23)12-4-5-12)17-13-2-1-3-15(13)19-9-16(17)24-18/h1-2,4-7,10-12,14,24-25H,3,8-9H2;2,4,10-13,21-22H,3,5-9H2,1H3;4-5,10-13,21-22H,2-3,6-9H2,1H3;1-2,8-12,20-21H,3-7H2. The van der Waals surface area contributed by atoms with Crippen LogP contribution in [0.5, 0.6) is 23.0 Å². The van der Waals surface area contributed by atoms with Crippen molar-refractivity contribution in [2.75, 3.05) is 25.2 Å². The number of rotatable bonds is 21. The fourth-order valence-corrected chi connectivity index (χ4v) is 21.7. The number of allylic oxidation sites excluding steroid dienone is 8. The molecule has 5 saturated carbocycles. The molecule has 0 radical (unpaired) electrons. The molecule has 9 aliphatic carbocycles. The molecule has 0 spiro atoms. The average molecular weight is 1540 g/mol. The second-order valence-corrected chi connectivity index (χ2v) is 36.8. The summed E-state index contributed by atoms with van der Waals surface area (Å²) in [4.78, 5) is 17.7. The Morgan fingerprint density at radius 3 is 1.10 bits per heavy atom. The summed E-state index contributed by atoms with van der Waals surface area (Å²) in [5.74, 6) is 9.82. The Balaban J connectivity index is 0.000000114. The number of aromatic nitrogens is 4. The van der Waals surface area contributed by atoms with E-state index in [4.69, 9.17) is 23.4 Å². The van der Waals surface area contributed by atoms with Gasteiger partial charge in [0.15, 0.2) is 0 Å². The van der Waals surface area contributed by atoms with Gasteiger partial charge in [-0.1, -0.05) is 62.0 Å². The van der Waals surface area contributed by atoms with E-state index < -0.39 is 74.4 Å². The number of pyridine rings is 4. The van der Waals surface area contributed by atoms with Crippen LogP contribution in [0.2, 0.25) is 0 Å². The molecule has 1 aromatic carbocycles. The van der Waals surface area contributed by atoms with Crippen LogP contribution < -0.4 is 37.5 Å². The predicted molar refractivity (Wildman–Crippen MR) is 407 cm³/mol. The van der Waals surface area contributed by atoms with Crippen molar-refractivity contribution in [1.29, 1.82) is 0 Å². The van der Waals surface area contributed by atoms with Crippen molar-refractivity contribution < 1.29 is 81.5 Å². The van der Waals surface area contributed by atoms with Crippen LogP contribution in [0, 0.1) is 29.5 Å². The Labute approximate surface area is 624 Å². The van der Waals surface area contributed by atoms with E-state index in [1.165, 1.54) is 12.1 Å². The summed E-state index contributed by atoms with van der Waals surface area (Å²) in [6.07, 6.45) is 35.5. The van der Waals surface area contributed by atoms with Gasteiger partial charge in [-0.15, -0.1) is 0 Å². The van der Waals surface area contributed by atoms with E-state index in [1.807, 2.05) is 25.2 Å². The maximum atomic E-state index is 13.1. The number of ether oxygens (including phenoxy) is 1. The van der Waals surface area contributed by atoms with Crippen molar-refractivity contribution >= 4 is 115 Å². The third-order valence-corrected chi connectivity index (χ3v) is 28.3. The first-order valence-electron chi connectivity index (χ1n) is 36.6. The number of fused-ring (bicyclic) bond motifs is 12. The lowest BCUT2D eigenvalue weighted by atomic mass is 9.68. The van der Waals surface area contributed by atoms with Gasteiger partial charge in [0.25, 0.3) is 0 Å². The molecular weight excluding hydrogens is 1450 g/mol. The molecule has 5 fully saturated rings. The maximum absolute atomic E-state index is 13.1. The zero-order valence-electron chi connectivity index (χ0n) is 59.1. The molecule has 18 rings (SSSR count). The van der Waals surface area contributed by atoms with Crippen LogP contribution in [0.4, 0.5) is 4.39 Å². The molecule has 0 atom stereocenters. The highest BCUT2D eigenvalue weighted by Gasteiger charge is 2.46. The molecule has 13 aliphatic rings. The summed E-state index contributed by atoms with van der Waals surface area (Å²) in [6, 6.07) is 4.44. The second kappa shape index (κ2) is 30.8. The van der Waals surface area contributed by atoms with Crippen molar-refractivity contribution in [3.63, 3.8) is 0 Å². The van der Waals surface area contributed by atoms with Crippen LogP contribution >= 0.6 is 0 Å². The number of halogens is 1. The molecule has 0 amide bonds. The minimum atomic E-state index is -3.70. The molecule has 8 heterocycles. The zero-order chi connectivity index (χ0) is 74.7. The quantitative estimate of drug-likeness (QED) is 0.0277. The van der Waals surface area contributed by atoms with Crippen LogP contribution in [0.1, 0.15) is 158 Å². The summed E-state index contributed by atoms with van der Waals surface area (Å²) in [5.41, 5.74) is 16.3. The van der Waals surface area contributed by atoms with E-state index >= 15 is 0 Å². The lowest BCUT2D eigenvalue weighted by molar-refractivity contribution is 0.199. The summed E-state index contributed by atoms with van der Waals surface area (Å²) < 4.78 is 149. The van der Waals surface area contributed by atoms with Crippen LogP contribution in [0.15, 0.2) is 102 Å². The van der Waals surface area contributed by atoms with Gasteiger partial charge in [0.2, 0.25) is 40.1 Å². The van der Waals surface area contributed by atoms with E-state index in [2.05, 4.69) is 69.2 Å². The van der Waals surface area contributed by atoms with Gasteiger partial charge < -0.3 is 43.5 Å². The van der Waals surface area contributed by atoms with Gasteiger partial charge in [-0.2, -0.15) is 0 Å². The number of nitrogens with one attached hydrogen (secondary N) is 4. The van der Waals surface area contributed by atoms with Crippen LogP contribution in [-0.2, 0) is 70.5 Å². The Bertz CT molecular complexity index is 5060. The lowest BCUT2D eigenvalue weighted by Gasteiger charge is -2.39. The molecule has 25 nitrogen and oxygen atoms in total. The summed E-state index contributed by atoms with van der Waals surface area (Å²) in [7, 11) is -15.8. The number of methoxy groups -OCH3 is 1. The van der Waals surface area contributed by atoms with Crippen molar-refractivity contribution in [2.45, 2.75) is 150 Å². The zero-order valence-corrected chi connectivity index (χ0v) is 62.4. The van der Waals surface area contributed by atoms with Crippen LogP contribution in [0.25, 0.3) is 46.6 Å². The first-order valence-corrected chi connectivity index (χ1v) is 43.0. The van der Waals surface area contributed by atoms with E-state index in [-0.39, 0.29) is 69.5 Å². The summed E-state index contributed by atoms with van der Waals surface area (Å²) in [5, 5.41) is 40.0. The molecule has 560 valence electrons. The van der Waals surface area contributed by atoms with E-state index in [9.17, 15) is 58.2 Å². The molecule has 4 aromatic heterocycles. The van der Waals surface area contributed by atoms with E-state index in [0.717, 1.165) is 172 Å². The summed E-state index contributed by atoms with van der Waals surface area (Å²) >= 11 is 0. The van der Waals surface area contributed by atoms with E-state index in [0.29, 0.717) is 68.1 Å². The number of sulfonamides is 4. The largest absolute Gasteiger partial charge is 0.552 e. The van der Waals surface area contributed by atoms with Gasteiger partial charge in [-0.05, 0) is 171 Å². The van der Waals surface area contributed by atoms with Crippen molar-refractivity contribution in [2.24, 2.45) is 23.7 Å². The van der Waals surface area contributed by atoms with Gasteiger partial charge in [0.1, 0.15) is 28.8 Å². The van der Waals surface area contributed by atoms with Gasteiger partial charge in [0.05, 0.1) is 69.2 Å².